The van der Waals surface area contributed by atoms with Crippen LogP contribution in [0.15, 0.2) is 18.2 Å². The van der Waals surface area contributed by atoms with Crippen LogP contribution in [0.2, 0.25) is 0 Å². The van der Waals surface area contributed by atoms with Gasteiger partial charge in [0, 0.05) is 23.8 Å². The van der Waals surface area contributed by atoms with Gasteiger partial charge in [0.15, 0.2) is 0 Å². The first kappa shape index (κ1) is 10.9. The number of rotatable bonds is 2. The lowest BCUT2D eigenvalue weighted by Gasteiger charge is -2.34. The normalized spacial score (nSPS) is 26.6. The van der Waals surface area contributed by atoms with E-state index in [-0.39, 0.29) is 0 Å². The molecule has 0 spiro atoms. The van der Waals surface area contributed by atoms with Crippen molar-refractivity contribution in [1.29, 1.82) is 0 Å². The molecule has 1 saturated heterocycles. The minimum atomic E-state index is 0.664. The quantitative estimate of drug-likeness (QED) is 0.845. The lowest BCUT2D eigenvalue weighted by Crippen LogP contribution is -2.34. The van der Waals surface area contributed by atoms with Crippen molar-refractivity contribution in [3.63, 3.8) is 0 Å². The van der Waals surface area contributed by atoms with E-state index in [9.17, 15) is 0 Å². The predicted molar refractivity (Wildman–Crippen MR) is 69.6 cm³/mol. The van der Waals surface area contributed by atoms with Crippen LogP contribution in [-0.2, 0) is 6.42 Å². The third-order valence-electron chi connectivity index (χ3n) is 4.20. The van der Waals surface area contributed by atoms with E-state index in [0.717, 1.165) is 25.3 Å². The van der Waals surface area contributed by atoms with Crippen molar-refractivity contribution in [1.82, 2.24) is 0 Å². The van der Waals surface area contributed by atoms with Gasteiger partial charge in [-0.2, -0.15) is 0 Å². The molecule has 17 heavy (non-hydrogen) atoms. The van der Waals surface area contributed by atoms with E-state index in [1.807, 2.05) is 0 Å². The second-order valence-electron chi connectivity index (χ2n) is 5.14. The molecule has 0 aliphatic carbocycles. The summed E-state index contributed by atoms with van der Waals surface area (Å²) in [5.41, 5.74) is 8.56. The van der Waals surface area contributed by atoms with Gasteiger partial charge in [0.05, 0.1) is 7.11 Å². The summed E-state index contributed by atoms with van der Waals surface area (Å²) in [5.74, 6) is 1.70. The van der Waals surface area contributed by atoms with Crippen LogP contribution in [0.25, 0.3) is 0 Å². The summed E-state index contributed by atoms with van der Waals surface area (Å²) in [7, 11) is 1.76. The Hall–Kier alpha value is -1.22. The van der Waals surface area contributed by atoms with Gasteiger partial charge in [0.2, 0.25) is 0 Å². The third-order valence-corrected chi connectivity index (χ3v) is 4.20. The number of fused-ring (bicyclic) bond motifs is 3. The molecule has 0 amide bonds. The van der Waals surface area contributed by atoms with Crippen molar-refractivity contribution in [2.45, 2.75) is 25.3 Å². The zero-order chi connectivity index (χ0) is 11.8. The number of benzene rings is 1. The molecular weight excluding hydrogens is 212 g/mol. The highest BCUT2D eigenvalue weighted by atomic mass is 16.5. The molecule has 3 heteroatoms. The van der Waals surface area contributed by atoms with Crippen LogP contribution in [0, 0.1) is 5.92 Å². The number of ether oxygens (including phenoxy) is 1. The molecular formula is C14H20N2O. The van der Waals surface area contributed by atoms with Gasteiger partial charge in [-0.1, -0.05) is 6.07 Å². The Balaban J connectivity index is 1.97. The zero-order valence-electron chi connectivity index (χ0n) is 10.4. The molecule has 3 rings (SSSR count). The summed E-state index contributed by atoms with van der Waals surface area (Å²) in [6.07, 6.45) is 3.63. The Morgan fingerprint density at radius 1 is 1.47 bits per heavy atom. The summed E-state index contributed by atoms with van der Waals surface area (Å²) in [6.45, 7) is 1.92. The van der Waals surface area contributed by atoms with E-state index in [4.69, 9.17) is 10.5 Å². The van der Waals surface area contributed by atoms with Crippen molar-refractivity contribution in [3.8, 4) is 5.75 Å². The van der Waals surface area contributed by atoms with Crippen molar-refractivity contribution in [2.75, 3.05) is 25.1 Å². The summed E-state index contributed by atoms with van der Waals surface area (Å²) < 4.78 is 5.46. The molecule has 1 aromatic rings. The van der Waals surface area contributed by atoms with Gasteiger partial charge in [-0.05, 0) is 43.9 Å². The fourth-order valence-electron chi connectivity index (χ4n) is 3.33. The van der Waals surface area contributed by atoms with Gasteiger partial charge in [-0.3, -0.25) is 0 Å². The Kier molecular flexibility index (Phi) is 2.71. The van der Waals surface area contributed by atoms with Gasteiger partial charge >= 0.3 is 0 Å². The van der Waals surface area contributed by atoms with E-state index >= 15 is 0 Å². The Morgan fingerprint density at radius 2 is 2.35 bits per heavy atom. The van der Waals surface area contributed by atoms with Crippen LogP contribution in [0.3, 0.4) is 0 Å². The molecule has 2 heterocycles. The largest absolute Gasteiger partial charge is 0.496 e. The highest BCUT2D eigenvalue weighted by molar-refractivity contribution is 5.62. The SMILES string of the molecule is COc1cccc2c1CCC1CC(CN)CN21. The first-order chi connectivity index (χ1) is 8.33. The molecule has 1 aromatic carbocycles. The zero-order valence-corrected chi connectivity index (χ0v) is 10.4. The van der Waals surface area contributed by atoms with Crippen LogP contribution in [0.4, 0.5) is 5.69 Å². The topological polar surface area (TPSA) is 38.5 Å². The predicted octanol–water partition coefficient (Wildman–Crippen LogP) is 1.79. The highest BCUT2D eigenvalue weighted by Crippen LogP contribution is 2.41. The number of hydrogen-bond acceptors (Lipinski definition) is 3. The number of methoxy groups -OCH3 is 1. The molecule has 2 aliphatic rings. The van der Waals surface area contributed by atoms with Gasteiger partial charge in [0.1, 0.15) is 5.75 Å². The molecule has 0 bridgehead atoms. The van der Waals surface area contributed by atoms with Gasteiger partial charge in [-0.15, -0.1) is 0 Å². The second-order valence-corrected chi connectivity index (χ2v) is 5.14. The van der Waals surface area contributed by atoms with Crippen molar-refractivity contribution >= 4 is 5.69 Å². The maximum Gasteiger partial charge on any atom is 0.124 e. The van der Waals surface area contributed by atoms with Gasteiger partial charge < -0.3 is 15.4 Å². The molecule has 2 unspecified atom stereocenters. The molecule has 0 radical (unpaired) electrons. The van der Waals surface area contributed by atoms with Gasteiger partial charge in [-0.25, -0.2) is 0 Å². The minimum absolute atomic E-state index is 0.664. The van der Waals surface area contributed by atoms with E-state index in [1.54, 1.807) is 7.11 Å². The average Bonchev–Trinajstić information content (AvgIpc) is 2.81. The van der Waals surface area contributed by atoms with Gasteiger partial charge in [0.25, 0.3) is 0 Å². The number of nitrogens with two attached hydrogens (primary N) is 1. The molecule has 0 aromatic heterocycles. The Labute approximate surface area is 103 Å². The van der Waals surface area contributed by atoms with E-state index in [1.165, 1.54) is 24.1 Å². The third kappa shape index (κ3) is 1.69. The summed E-state index contributed by atoms with van der Waals surface area (Å²) in [5, 5.41) is 0. The number of anilines is 1. The lowest BCUT2D eigenvalue weighted by molar-refractivity contribution is 0.406. The van der Waals surface area contributed by atoms with E-state index in [0.29, 0.717) is 12.0 Å². The molecule has 92 valence electrons. The van der Waals surface area contributed by atoms with Crippen molar-refractivity contribution < 1.29 is 4.74 Å². The monoisotopic (exact) mass is 232 g/mol. The minimum Gasteiger partial charge on any atom is -0.496 e. The van der Waals surface area contributed by atoms with Crippen LogP contribution in [0.1, 0.15) is 18.4 Å². The van der Waals surface area contributed by atoms with E-state index in [2.05, 4.69) is 23.1 Å². The molecule has 0 saturated carbocycles. The van der Waals surface area contributed by atoms with E-state index < -0.39 is 0 Å². The Morgan fingerprint density at radius 3 is 3.12 bits per heavy atom. The summed E-state index contributed by atoms with van der Waals surface area (Å²) in [6, 6.07) is 7.08. The molecule has 1 fully saturated rings. The standard InChI is InChI=1S/C14H20N2O/c1-17-14-4-2-3-13-12(14)6-5-11-7-10(8-15)9-16(11)13/h2-4,10-11H,5-9,15H2,1H3. The number of hydrogen-bond donors (Lipinski definition) is 1. The van der Waals surface area contributed by atoms with Crippen LogP contribution in [-0.4, -0.2) is 26.2 Å². The second kappa shape index (κ2) is 4.22. The fourth-order valence-corrected chi connectivity index (χ4v) is 3.33. The van der Waals surface area contributed by atoms with Crippen LogP contribution >= 0.6 is 0 Å². The Bertz CT molecular complexity index is 419. The average molecular weight is 232 g/mol. The maximum atomic E-state index is 5.81. The smallest absolute Gasteiger partial charge is 0.124 e. The lowest BCUT2D eigenvalue weighted by atomic mass is 9.95. The van der Waals surface area contributed by atoms with Crippen molar-refractivity contribution in [3.05, 3.63) is 23.8 Å². The first-order valence-corrected chi connectivity index (χ1v) is 6.46. The summed E-state index contributed by atoms with van der Waals surface area (Å²) >= 11 is 0. The summed E-state index contributed by atoms with van der Waals surface area (Å²) in [4.78, 5) is 2.54. The number of nitrogens with zero attached hydrogens (tertiary/aromatic N) is 1. The first-order valence-electron chi connectivity index (χ1n) is 6.46. The molecule has 2 N–H and O–H groups in total. The highest BCUT2D eigenvalue weighted by Gasteiger charge is 2.35. The van der Waals surface area contributed by atoms with Crippen molar-refractivity contribution in [2.24, 2.45) is 11.7 Å². The van der Waals surface area contributed by atoms with Crippen LogP contribution < -0.4 is 15.4 Å². The fraction of sp³-hybridized carbons (Fsp3) is 0.571. The molecule has 2 aliphatic heterocycles. The maximum absolute atomic E-state index is 5.81. The molecule has 3 nitrogen and oxygen atoms in total. The molecule has 2 atom stereocenters. The van der Waals surface area contributed by atoms with Crippen LogP contribution in [0.5, 0.6) is 5.75 Å².